The zero-order valence-corrected chi connectivity index (χ0v) is 15.8. The van der Waals surface area contributed by atoms with Gasteiger partial charge in [-0.3, -0.25) is 5.10 Å². The Morgan fingerprint density at radius 1 is 1.18 bits per heavy atom. The van der Waals surface area contributed by atoms with Crippen LogP contribution in [0, 0.1) is 5.82 Å². The van der Waals surface area contributed by atoms with Crippen LogP contribution >= 0.6 is 11.6 Å². The minimum Gasteiger partial charge on any atom is -0.334 e. The molecule has 1 atom stereocenters. The predicted molar refractivity (Wildman–Crippen MR) is 104 cm³/mol. The third-order valence-electron chi connectivity index (χ3n) is 5.25. The Morgan fingerprint density at radius 2 is 2.07 bits per heavy atom. The lowest BCUT2D eigenvalue weighted by Crippen LogP contribution is -2.25. The van der Waals surface area contributed by atoms with E-state index in [-0.39, 0.29) is 11.9 Å². The fourth-order valence-electron chi connectivity index (χ4n) is 3.71. The number of aromatic nitrogens is 5. The van der Waals surface area contributed by atoms with E-state index in [1.165, 1.54) is 25.2 Å². The summed E-state index contributed by atoms with van der Waals surface area (Å²) in [6.07, 6.45) is 5.64. The van der Waals surface area contributed by atoms with E-state index in [0.29, 0.717) is 34.2 Å². The molecule has 1 saturated carbocycles. The number of aromatic amines is 1. The van der Waals surface area contributed by atoms with Crippen molar-refractivity contribution in [2.75, 3.05) is 16.8 Å². The van der Waals surface area contributed by atoms with Gasteiger partial charge >= 0.3 is 0 Å². The van der Waals surface area contributed by atoms with E-state index in [1.807, 2.05) is 11.0 Å². The molecule has 0 radical (unpaired) electrons. The maximum absolute atomic E-state index is 14.4. The van der Waals surface area contributed by atoms with E-state index in [2.05, 4.69) is 30.5 Å². The van der Waals surface area contributed by atoms with Gasteiger partial charge in [-0.05, 0) is 37.8 Å². The molecule has 2 fully saturated rings. The van der Waals surface area contributed by atoms with Crippen molar-refractivity contribution >= 4 is 29.3 Å². The minimum atomic E-state index is -0.305. The van der Waals surface area contributed by atoms with Gasteiger partial charge in [-0.25, -0.2) is 14.4 Å². The van der Waals surface area contributed by atoms with Crippen molar-refractivity contribution in [1.82, 2.24) is 25.1 Å². The number of nitrogens with zero attached hydrogens (tertiary/aromatic N) is 5. The van der Waals surface area contributed by atoms with Crippen LogP contribution in [0.4, 0.5) is 22.1 Å². The second-order valence-corrected chi connectivity index (χ2v) is 7.67. The van der Waals surface area contributed by atoms with Gasteiger partial charge in [-0.1, -0.05) is 17.7 Å². The van der Waals surface area contributed by atoms with Crippen molar-refractivity contribution in [2.24, 2.45) is 0 Å². The second-order valence-electron chi connectivity index (χ2n) is 7.23. The summed E-state index contributed by atoms with van der Waals surface area (Å²) in [4.78, 5) is 15.1. The molecule has 2 aromatic heterocycles. The largest absolute Gasteiger partial charge is 0.334 e. The number of rotatable bonds is 5. The molecule has 7 nitrogen and oxygen atoms in total. The molecule has 1 unspecified atom stereocenters. The van der Waals surface area contributed by atoms with Crippen LogP contribution < -0.4 is 10.2 Å². The molecule has 1 aromatic carbocycles. The van der Waals surface area contributed by atoms with Crippen LogP contribution in [0.1, 0.15) is 48.9 Å². The number of hydrogen-bond acceptors (Lipinski definition) is 6. The molecule has 5 rings (SSSR count). The lowest BCUT2D eigenvalue weighted by molar-refractivity contribution is 0.577. The van der Waals surface area contributed by atoms with E-state index in [4.69, 9.17) is 11.6 Å². The van der Waals surface area contributed by atoms with Crippen LogP contribution in [0.2, 0.25) is 5.02 Å². The predicted octanol–water partition coefficient (Wildman–Crippen LogP) is 4.35. The summed E-state index contributed by atoms with van der Waals surface area (Å²) in [6, 6.07) is 6.67. The van der Waals surface area contributed by atoms with E-state index in [0.717, 1.165) is 25.1 Å². The number of nitrogens with one attached hydrogen (secondary N) is 2. The Hall–Kier alpha value is -2.74. The molecular weight excluding hydrogens is 381 g/mol. The SMILES string of the molecule is Fc1cc(Cl)ccc1C1CCCN1c1ncnc(Nc2cc(C3CC3)[nH]n2)n1. The van der Waals surface area contributed by atoms with E-state index >= 15 is 0 Å². The molecule has 9 heteroatoms. The molecule has 0 spiro atoms. The van der Waals surface area contributed by atoms with Crippen LogP contribution in [0.3, 0.4) is 0 Å². The first-order valence-electron chi connectivity index (χ1n) is 9.40. The first-order chi connectivity index (χ1) is 13.7. The highest BCUT2D eigenvalue weighted by atomic mass is 35.5. The summed E-state index contributed by atoms with van der Waals surface area (Å²) in [5.41, 5.74) is 1.74. The lowest BCUT2D eigenvalue weighted by atomic mass is 10.0. The molecule has 2 aliphatic rings. The van der Waals surface area contributed by atoms with Crippen LogP contribution in [-0.2, 0) is 0 Å². The van der Waals surface area contributed by atoms with Gasteiger partial charge in [0.1, 0.15) is 12.1 Å². The van der Waals surface area contributed by atoms with E-state index < -0.39 is 0 Å². The zero-order chi connectivity index (χ0) is 19.1. The number of anilines is 3. The van der Waals surface area contributed by atoms with Crippen LogP contribution in [0.5, 0.6) is 0 Å². The highest BCUT2D eigenvalue weighted by Crippen LogP contribution is 2.40. The topological polar surface area (TPSA) is 82.6 Å². The van der Waals surface area contributed by atoms with Crippen LogP contribution in [0.25, 0.3) is 0 Å². The van der Waals surface area contributed by atoms with Crippen molar-refractivity contribution in [3.8, 4) is 0 Å². The van der Waals surface area contributed by atoms with Crippen molar-refractivity contribution in [3.05, 3.63) is 52.7 Å². The average molecular weight is 400 g/mol. The van der Waals surface area contributed by atoms with Crippen LogP contribution in [0.15, 0.2) is 30.6 Å². The van der Waals surface area contributed by atoms with Gasteiger partial charge in [0, 0.05) is 34.8 Å². The first-order valence-corrected chi connectivity index (χ1v) is 9.78. The summed E-state index contributed by atoms with van der Waals surface area (Å²) < 4.78 is 14.4. The van der Waals surface area contributed by atoms with Gasteiger partial charge in [0.15, 0.2) is 5.82 Å². The number of H-pyrrole nitrogens is 1. The Balaban J connectivity index is 1.38. The summed E-state index contributed by atoms with van der Waals surface area (Å²) >= 11 is 5.90. The quantitative estimate of drug-likeness (QED) is 0.663. The second kappa shape index (κ2) is 7.01. The first kappa shape index (κ1) is 17.4. The standard InChI is InChI=1S/C19H19ClFN7/c20-12-5-6-13(14(21)8-12)16-2-1-7-28(16)19-23-10-22-18(25-19)24-17-9-15(26-27-17)11-3-4-11/h5-6,8-11,16H,1-4,7H2,(H2,22,23,24,25,26,27). The number of halogens is 2. The lowest BCUT2D eigenvalue weighted by Gasteiger charge is -2.25. The number of hydrogen-bond donors (Lipinski definition) is 2. The third kappa shape index (κ3) is 3.40. The molecule has 1 aliphatic carbocycles. The fraction of sp³-hybridized carbons (Fsp3) is 0.368. The van der Waals surface area contributed by atoms with Gasteiger partial charge in [-0.15, -0.1) is 0 Å². The molecule has 1 aliphatic heterocycles. The van der Waals surface area contributed by atoms with Crippen molar-refractivity contribution < 1.29 is 4.39 Å². The third-order valence-corrected chi connectivity index (χ3v) is 5.48. The van der Waals surface area contributed by atoms with Gasteiger partial charge in [0.05, 0.1) is 6.04 Å². The molecule has 0 bridgehead atoms. The Morgan fingerprint density at radius 3 is 2.89 bits per heavy atom. The van der Waals surface area contributed by atoms with Gasteiger partial charge in [0.25, 0.3) is 0 Å². The monoisotopic (exact) mass is 399 g/mol. The molecule has 1 saturated heterocycles. The highest BCUT2D eigenvalue weighted by Gasteiger charge is 2.30. The molecule has 2 N–H and O–H groups in total. The van der Waals surface area contributed by atoms with Crippen molar-refractivity contribution in [1.29, 1.82) is 0 Å². The maximum atomic E-state index is 14.4. The zero-order valence-electron chi connectivity index (χ0n) is 15.1. The fourth-order valence-corrected chi connectivity index (χ4v) is 3.86. The van der Waals surface area contributed by atoms with E-state index in [9.17, 15) is 4.39 Å². The maximum Gasteiger partial charge on any atom is 0.233 e. The van der Waals surface area contributed by atoms with Gasteiger partial charge < -0.3 is 10.2 Å². The highest BCUT2D eigenvalue weighted by molar-refractivity contribution is 6.30. The van der Waals surface area contributed by atoms with Crippen molar-refractivity contribution in [2.45, 2.75) is 37.6 Å². The Bertz CT molecular complexity index is 1000. The molecule has 3 heterocycles. The van der Waals surface area contributed by atoms with E-state index in [1.54, 1.807) is 12.1 Å². The Kier molecular flexibility index (Phi) is 4.35. The summed E-state index contributed by atoms with van der Waals surface area (Å²) in [7, 11) is 0. The average Bonchev–Trinajstić information content (AvgIpc) is 3.23. The van der Waals surface area contributed by atoms with Crippen LogP contribution in [-0.4, -0.2) is 31.7 Å². The summed E-state index contributed by atoms with van der Waals surface area (Å²) in [5, 5.41) is 10.8. The Labute approximate surface area is 166 Å². The summed E-state index contributed by atoms with van der Waals surface area (Å²) in [5.74, 6) is 1.91. The molecule has 28 heavy (non-hydrogen) atoms. The smallest absolute Gasteiger partial charge is 0.233 e. The summed E-state index contributed by atoms with van der Waals surface area (Å²) in [6.45, 7) is 0.754. The molecule has 144 valence electrons. The normalized spacial score (nSPS) is 19.2. The number of benzene rings is 1. The minimum absolute atomic E-state index is 0.126. The van der Waals surface area contributed by atoms with Gasteiger partial charge in [0.2, 0.25) is 11.9 Å². The van der Waals surface area contributed by atoms with Gasteiger partial charge in [-0.2, -0.15) is 10.1 Å². The molecular formula is C19H19ClFN7. The van der Waals surface area contributed by atoms with Crippen molar-refractivity contribution in [3.63, 3.8) is 0 Å². The molecule has 3 aromatic rings. The molecule has 0 amide bonds.